The molecule has 2 aromatic rings. The van der Waals surface area contributed by atoms with E-state index in [0.29, 0.717) is 5.56 Å². The summed E-state index contributed by atoms with van der Waals surface area (Å²) in [6.07, 6.45) is 0.982. The van der Waals surface area contributed by atoms with Gasteiger partial charge in [0.05, 0.1) is 6.54 Å². The molecule has 0 saturated heterocycles. The molecule has 0 amide bonds. The van der Waals surface area contributed by atoms with Gasteiger partial charge in [-0.15, -0.1) is 0 Å². The Bertz CT molecular complexity index is 635. The molecule has 0 aliphatic heterocycles. The topological polar surface area (TPSA) is 60.8 Å². The Balaban J connectivity index is 2.08. The number of carbonyl (C=O) groups is 1. The normalized spacial score (nSPS) is 10.4. The van der Waals surface area contributed by atoms with Gasteiger partial charge in [-0.1, -0.05) is 19.1 Å². The van der Waals surface area contributed by atoms with Crippen molar-refractivity contribution >= 4 is 11.5 Å². The SMILES string of the molecule is CCc1ccc(N(C)CC(=O)c2ccc(O)c(O)c2)cc1. The molecular formula is C17H19NO3. The second-order valence-electron chi connectivity index (χ2n) is 5.00. The molecule has 2 aromatic carbocycles. The van der Waals surface area contributed by atoms with Crippen LogP contribution in [-0.2, 0) is 6.42 Å². The van der Waals surface area contributed by atoms with Crippen molar-refractivity contribution in [2.45, 2.75) is 13.3 Å². The third-order valence-electron chi connectivity index (χ3n) is 3.46. The zero-order valence-electron chi connectivity index (χ0n) is 12.2. The van der Waals surface area contributed by atoms with Crippen LogP contribution in [0, 0.1) is 0 Å². The third-order valence-corrected chi connectivity index (χ3v) is 3.46. The fraction of sp³-hybridized carbons (Fsp3) is 0.235. The van der Waals surface area contributed by atoms with Gasteiger partial charge < -0.3 is 15.1 Å². The van der Waals surface area contributed by atoms with E-state index in [9.17, 15) is 15.0 Å². The summed E-state index contributed by atoms with van der Waals surface area (Å²) in [5.74, 6) is -0.627. The zero-order chi connectivity index (χ0) is 15.4. The van der Waals surface area contributed by atoms with Crippen molar-refractivity contribution in [2.24, 2.45) is 0 Å². The largest absolute Gasteiger partial charge is 0.504 e. The highest BCUT2D eigenvalue weighted by atomic mass is 16.3. The lowest BCUT2D eigenvalue weighted by Crippen LogP contribution is -2.25. The average molecular weight is 285 g/mol. The summed E-state index contributed by atoms with van der Waals surface area (Å²) in [6.45, 7) is 2.30. The van der Waals surface area contributed by atoms with Gasteiger partial charge in [0.1, 0.15) is 0 Å². The number of anilines is 1. The minimum atomic E-state index is -0.282. The van der Waals surface area contributed by atoms with Crippen LogP contribution in [0.5, 0.6) is 11.5 Å². The number of benzene rings is 2. The lowest BCUT2D eigenvalue weighted by Gasteiger charge is -2.19. The number of Topliss-reactive ketones (excluding diaryl/α,β-unsaturated/α-hetero) is 1. The predicted octanol–water partition coefficient (Wildman–Crippen LogP) is 2.98. The van der Waals surface area contributed by atoms with E-state index in [-0.39, 0.29) is 23.8 Å². The van der Waals surface area contributed by atoms with Crippen LogP contribution in [-0.4, -0.2) is 29.6 Å². The number of ketones is 1. The number of rotatable bonds is 5. The number of likely N-dealkylation sites (N-methyl/N-ethyl adjacent to an activating group) is 1. The van der Waals surface area contributed by atoms with Gasteiger partial charge in [0.15, 0.2) is 17.3 Å². The first-order chi connectivity index (χ1) is 10.0. The first kappa shape index (κ1) is 14.9. The summed E-state index contributed by atoms with van der Waals surface area (Å²) < 4.78 is 0. The fourth-order valence-corrected chi connectivity index (χ4v) is 2.08. The molecule has 0 unspecified atom stereocenters. The second-order valence-corrected chi connectivity index (χ2v) is 5.00. The number of phenolic OH excluding ortho intramolecular Hbond substituents is 2. The van der Waals surface area contributed by atoms with Gasteiger partial charge in [-0.25, -0.2) is 0 Å². The number of aromatic hydroxyl groups is 2. The molecule has 4 nitrogen and oxygen atoms in total. The zero-order valence-corrected chi connectivity index (χ0v) is 12.2. The molecule has 0 saturated carbocycles. The molecule has 0 heterocycles. The monoisotopic (exact) mass is 285 g/mol. The number of nitrogens with zero attached hydrogens (tertiary/aromatic N) is 1. The highest BCUT2D eigenvalue weighted by Crippen LogP contribution is 2.25. The number of hydrogen-bond acceptors (Lipinski definition) is 4. The minimum Gasteiger partial charge on any atom is -0.504 e. The van der Waals surface area contributed by atoms with Gasteiger partial charge in [0.2, 0.25) is 0 Å². The Morgan fingerprint density at radius 2 is 1.71 bits per heavy atom. The van der Waals surface area contributed by atoms with E-state index in [1.54, 1.807) is 0 Å². The predicted molar refractivity (Wildman–Crippen MR) is 83.2 cm³/mol. The highest BCUT2D eigenvalue weighted by Gasteiger charge is 2.12. The van der Waals surface area contributed by atoms with Crippen molar-refractivity contribution < 1.29 is 15.0 Å². The smallest absolute Gasteiger partial charge is 0.182 e. The highest BCUT2D eigenvalue weighted by molar-refractivity contribution is 5.99. The van der Waals surface area contributed by atoms with Gasteiger partial charge in [-0.05, 0) is 42.3 Å². The maximum absolute atomic E-state index is 12.2. The Kier molecular flexibility index (Phi) is 4.48. The van der Waals surface area contributed by atoms with Crippen LogP contribution < -0.4 is 4.90 Å². The molecular weight excluding hydrogens is 266 g/mol. The number of phenols is 2. The van der Waals surface area contributed by atoms with Gasteiger partial charge in [-0.3, -0.25) is 4.79 Å². The Morgan fingerprint density at radius 3 is 2.29 bits per heavy atom. The van der Waals surface area contributed by atoms with E-state index in [0.717, 1.165) is 12.1 Å². The van der Waals surface area contributed by atoms with Crippen molar-refractivity contribution in [1.82, 2.24) is 0 Å². The molecule has 2 N–H and O–H groups in total. The van der Waals surface area contributed by atoms with Gasteiger partial charge in [0.25, 0.3) is 0 Å². The Labute approximate surface area is 124 Å². The number of carbonyl (C=O) groups excluding carboxylic acids is 1. The van der Waals surface area contributed by atoms with Crippen molar-refractivity contribution in [3.05, 3.63) is 53.6 Å². The van der Waals surface area contributed by atoms with Gasteiger partial charge >= 0.3 is 0 Å². The molecule has 0 fully saturated rings. The van der Waals surface area contributed by atoms with Crippen molar-refractivity contribution in [1.29, 1.82) is 0 Å². The first-order valence-corrected chi connectivity index (χ1v) is 6.86. The fourth-order valence-electron chi connectivity index (χ4n) is 2.08. The van der Waals surface area contributed by atoms with Crippen molar-refractivity contribution in [2.75, 3.05) is 18.5 Å². The van der Waals surface area contributed by atoms with Crippen molar-refractivity contribution in [3.63, 3.8) is 0 Å². The number of aryl methyl sites for hydroxylation is 1. The maximum Gasteiger partial charge on any atom is 0.182 e. The second kappa shape index (κ2) is 6.31. The lowest BCUT2D eigenvalue weighted by molar-refractivity contribution is 0.1000. The van der Waals surface area contributed by atoms with E-state index >= 15 is 0 Å². The molecule has 2 rings (SSSR count). The van der Waals surface area contributed by atoms with Crippen LogP contribution in [0.1, 0.15) is 22.8 Å². The van der Waals surface area contributed by atoms with Crippen LogP contribution >= 0.6 is 0 Å². The van der Waals surface area contributed by atoms with Gasteiger partial charge in [0, 0.05) is 18.3 Å². The number of hydrogen-bond donors (Lipinski definition) is 2. The van der Waals surface area contributed by atoms with Crippen LogP contribution in [0.3, 0.4) is 0 Å². The van der Waals surface area contributed by atoms with Crippen LogP contribution in [0.4, 0.5) is 5.69 Å². The van der Waals surface area contributed by atoms with Crippen molar-refractivity contribution in [3.8, 4) is 11.5 Å². The molecule has 0 radical (unpaired) electrons. The van der Waals surface area contributed by atoms with E-state index in [1.165, 1.54) is 23.8 Å². The maximum atomic E-state index is 12.2. The van der Waals surface area contributed by atoms with E-state index in [4.69, 9.17) is 0 Å². The molecule has 0 aliphatic carbocycles. The van der Waals surface area contributed by atoms with E-state index < -0.39 is 0 Å². The quantitative estimate of drug-likeness (QED) is 0.655. The summed E-state index contributed by atoms with van der Waals surface area (Å²) in [6, 6.07) is 12.2. The third kappa shape index (κ3) is 3.54. The molecule has 0 aromatic heterocycles. The molecule has 110 valence electrons. The molecule has 0 atom stereocenters. The van der Waals surface area contributed by atoms with E-state index in [2.05, 4.69) is 6.92 Å². The summed E-state index contributed by atoms with van der Waals surface area (Å²) in [5.41, 5.74) is 2.59. The van der Waals surface area contributed by atoms with E-state index in [1.807, 2.05) is 36.2 Å². The summed E-state index contributed by atoms with van der Waals surface area (Å²) in [7, 11) is 1.85. The molecule has 0 spiro atoms. The molecule has 0 bridgehead atoms. The Hall–Kier alpha value is -2.49. The molecule has 0 aliphatic rings. The first-order valence-electron chi connectivity index (χ1n) is 6.86. The molecule has 21 heavy (non-hydrogen) atoms. The van der Waals surface area contributed by atoms with Crippen LogP contribution in [0.15, 0.2) is 42.5 Å². The van der Waals surface area contributed by atoms with Gasteiger partial charge in [-0.2, -0.15) is 0 Å². The average Bonchev–Trinajstić information content (AvgIpc) is 2.50. The van der Waals surface area contributed by atoms with Crippen LogP contribution in [0.2, 0.25) is 0 Å². The summed E-state index contributed by atoms with van der Waals surface area (Å²) in [5, 5.41) is 18.7. The van der Waals surface area contributed by atoms with Crippen LogP contribution in [0.25, 0.3) is 0 Å². The Morgan fingerprint density at radius 1 is 1.05 bits per heavy atom. The molecule has 4 heteroatoms. The minimum absolute atomic E-state index is 0.118. The standard InChI is InChI=1S/C17H19NO3/c1-3-12-4-7-14(8-5-12)18(2)11-17(21)13-6-9-15(19)16(20)10-13/h4-10,19-20H,3,11H2,1-2H3. The summed E-state index contributed by atoms with van der Waals surface area (Å²) >= 11 is 0. The lowest BCUT2D eigenvalue weighted by atomic mass is 10.1. The summed E-state index contributed by atoms with van der Waals surface area (Å²) in [4.78, 5) is 14.0.